The first-order valence-electron chi connectivity index (χ1n) is 9.46. The molecule has 0 aromatic heterocycles. The first-order chi connectivity index (χ1) is 14.3. The van der Waals surface area contributed by atoms with E-state index in [-0.39, 0.29) is 23.6 Å². The van der Waals surface area contributed by atoms with Crippen molar-refractivity contribution < 1.29 is 32.2 Å². The van der Waals surface area contributed by atoms with Gasteiger partial charge in [-0.2, -0.15) is 0 Å². The molecular formula is C21H22F3NO4S. The second kappa shape index (κ2) is 9.51. The molecule has 9 heteroatoms. The van der Waals surface area contributed by atoms with Crippen molar-refractivity contribution in [3.63, 3.8) is 0 Å². The van der Waals surface area contributed by atoms with Gasteiger partial charge < -0.3 is 19.1 Å². The van der Waals surface area contributed by atoms with E-state index in [9.17, 15) is 18.0 Å². The van der Waals surface area contributed by atoms with Gasteiger partial charge in [-0.15, -0.1) is 24.9 Å². The van der Waals surface area contributed by atoms with Crippen molar-refractivity contribution in [2.45, 2.75) is 32.1 Å². The predicted molar refractivity (Wildman–Crippen MR) is 108 cm³/mol. The van der Waals surface area contributed by atoms with Crippen molar-refractivity contribution in [3.05, 3.63) is 53.6 Å². The van der Waals surface area contributed by atoms with Gasteiger partial charge in [0, 0.05) is 6.54 Å². The van der Waals surface area contributed by atoms with E-state index in [1.165, 1.54) is 36.0 Å². The van der Waals surface area contributed by atoms with Crippen molar-refractivity contribution in [2.24, 2.45) is 0 Å². The first kappa shape index (κ1) is 22.1. The zero-order valence-corrected chi connectivity index (χ0v) is 17.4. The van der Waals surface area contributed by atoms with Gasteiger partial charge in [0.15, 0.2) is 0 Å². The third kappa shape index (κ3) is 5.33. The SMILES string of the molecule is CCOc1cccc(OCC)c1C1SCC(=O)N1Cc1ccc(OC(F)(F)F)cc1. The predicted octanol–water partition coefficient (Wildman–Crippen LogP) is 5.16. The van der Waals surface area contributed by atoms with Crippen LogP contribution in [0.5, 0.6) is 17.2 Å². The Bertz CT molecular complexity index is 849. The molecule has 5 nitrogen and oxygen atoms in total. The van der Waals surface area contributed by atoms with E-state index in [4.69, 9.17) is 9.47 Å². The van der Waals surface area contributed by atoms with Gasteiger partial charge in [0.2, 0.25) is 5.91 Å². The van der Waals surface area contributed by atoms with Crippen LogP contribution in [-0.2, 0) is 11.3 Å². The Morgan fingerprint density at radius 2 is 1.63 bits per heavy atom. The monoisotopic (exact) mass is 441 g/mol. The van der Waals surface area contributed by atoms with Crippen LogP contribution in [0.1, 0.15) is 30.3 Å². The van der Waals surface area contributed by atoms with Crippen LogP contribution in [0.2, 0.25) is 0 Å². The third-order valence-corrected chi connectivity index (χ3v) is 5.57. The minimum Gasteiger partial charge on any atom is -0.493 e. The molecule has 1 saturated heterocycles. The van der Waals surface area contributed by atoms with Gasteiger partial charge in [-0.25, -0.2) is 0 Å². The molecule has 3 rings (SSSR count). The summed E-state index contributed by atoms with van der Waals surface area (Å²) in [4.78, 5) is 14.3. The van der Waals surface area contributed by atoms with Gasteiger partial charge >= 0.3 is 6.36 Å². The van der Waals surface area contributed by atoms with Crippen LogP contribution in [-0.4, -0.2) is 36.1 Å². The number of thioether (sulfide) groups is 1. The maximum atomic E-state index is 12.6. The standard InChI is InChI=1S/C21H22F3NO4S/c1-3-27-16-6-5-7-17(28-4-2)19(16)20-25(18(26)13-30-20)12-14-8-10-15(11-9-14)29-21(22,23)24/h5-11,20H,3-4,12-13H2,1-2H3. The minimum atomic E-state index is -4.74. The lowest BCUT2D eigenvalue weighted by atomic mass is 10.1. The number of halogens is 3. The van der Waals surface area contributed by atoms with Crippen molar-refractivity contribution >= 4 is 17.7 Å². The average Bonchev–Trinajstić information content (AvgIpc) is 3.03. The zero-order chi connectivity index (χ0) is 21.7. The summed E-state index contributed by atoms with van der Waals surface area (Å²) in [5, 5.41) is -0.326. The molecule has 162 valence electrons. The summed E-state index contributed by atoms with van der Waals surface area (Å²) < 4.78 is 52.5. The van der Waals surface area contributed by atoms with Crippen molar-refractivity contribution in [3.8, 4) is 17.2 Å². The second-order valence-corrected chi connectivity index (χ2v) is 7.48. The van der Waals surface area contributed by atoms with Crippen LogP contribution < -0.4 is 14.2 Å². The summed E-state index contributed by atoms with van der Waals surface area (Å²) in [6.07, 6.45) is -4.74. The van der Waals surface area contributed by atoms with Crippen LogP contribution in [0.15, 0.2) is 42.5 Å². The highest BCUT2D eigenvalue weighted by molar-refractivity contribution is 8.00. The Labute approximate surface area is 177 Å². The Morgan fingerprint density at radius 3 is 2.17 bits per heavy atom. The zero-order valence-electron chi connectivity index (χ0n) is 16.6. The lowest BCUT2D eigenvalue weighted by Crippen LogP contribution is -2.28. The quantitative estimate of drug-likeness (QED) is 0.567. The number of hydrogen-bond donors (Lipinski definition) is 0. The molecule has 0 radical (unpaired) electrons. The Hall–Kier alpha value is -2.55. The minimum absolute atomic E-state index is 0.0608. The number of alkyl halides is 3. The summed E-state index contributed by atoms with van der Waals surface area (Å²) in [5.41, 5.74) is 1.48. The number of benzene rings is 2. The molecular weight excluding hydrogens is 419 g/mol. The van der Waals surface area contributed by atoms with Crippen LogP contribution in [0.3, 0.4) is 0 Å². The number of hydrogen-bond acceptors (Lipinski definition) is 5. The van der Waals surface area contributed by atoms with Crippen LogP contribution in [0.25, 0.3) is 0 Å². The fraction of sp³-hybridized carbons (Fsp3) is 0.381. The Balaban J connectivity index is 1.86. The molecule has 0 saturated carbocycles. The van der Waals surface area contributed by atoms with E-state index in [1.807, 2.05) is 32.0 Å². The van der Waals surface area contributed by atoms with E-state index < -0.39 is 6.36 Å². The van der Waals surface area contributed by atoms with Crippen molar-refractivity contribution in [1.82, 2.24) is 4.90 Å². The fourth-order valence-corrected chi connectivity index (χ4v) is 4.42. The molecule has 0 spiro atoms. The first-order valence-corrected chi connectivity index (χ1v) is 10.5. The molecule has 1 fully saturated rings. The molecule has 1 aliphatic heterocycles. The number of carbonyl (C=O) groups excluding carboxylic acids is 1. The van der Waals surface area contributed by atoms with Gasteiger partial charge in [0.05, 0.1) is 24.5 Å². The van der Waals surface area contributed by atoms with E-state index in [0.29, 0.717) is 36.0 Å². The number of nitrogens with zero attached hydrogens (tertiary/aromatic N) is 1. The van der Waals surface area contributed by atoms with E-state index in [0.717, 1.165) is 5.56 Å². The molecule has 1 aliphatic rings. The molecule has 2 aromatic carbocycles. The summed E-state index contributed by atoms with van der Waals surface area (Å²) in [7, 11) is 0. The van der Waals surface area contributed by atoms with Crippen LogP contribution >= 0.6 is 11.8 Å². The van der Waals surface area contributed by atoms with Crippen molar-refractivity contribution in [2.75, 3.05) is 19.0 Å². The topological polar surface area (TPSA) is 48.0 Å². The Kier molecular flexibility index (Phi) is 7.02. The molecule has 1 heterocycles. The summed E-state index contributed by atoms with van der Waals surface area (Å²) in [6.45, 7) is 4.94. The van der Waals surface area contributed by atoms with Gasteiger partial charge in [0.25, 0.3) is 0 Å². The summed E-state index contributed by atoms with van der Waals surface area (Å²) in [5.74, 6) is 1.23. The number of carbonyl (C=O) groups is 1. The third-order valence-electron chi connectivity index (χ3n) is 4.35. The van der Waals surface area contributed by atoms with Crippen molar-refractivity contribution in [1.29, 1.82) is 0 Å². The maximum Gasteiger partial charge on any atom is 0.573 e. The van der Waals surface area contributed by atoms with Crippen LogP contribution in [0, 0.1) is 0 Å². The highest BCUT2D eigenvalue weighted by atomic mass is 32.2. The Morgan fingerprint density at radius 1 is 1.03 bits per heavy atom. The molecule has 0 N–H and O–H groups in total. The second-order valence-electron chi connectivity index (χ2n) is 6.41. The lowest BCUT2D eigenvalue weighted by Gasteiger charge is -2.27. The summed E-state index contributed by atoms with van der Waals surface area (Å²) in [6, 6.07) is 11.0. The average molecular weight is 441 g/mol. The molecule has 30 heavy (non-hydrogen) atoms. The molecule has 0 aliphatic carbocycles. The van der Waals surface area contributed by atoms with E-state index >= 15 is 0 Å². The van der Waals surface area contributed by atoms with E-state index in [2.05, 4.69) is 4.74 Å². The smallest absolute Gasteiger partial charge is 0.493 e. The summed E-state index contributed by atoms with van der Waals surface area (Å²) >= 11 is 1.46. The van der Waals surface area contributed by atoms with Gasteiger partial charge in [0.1, 0.15) is 22.6 Å². The molecule has 2 aromatic rings. The van der Waals surface area contributed by atoms with Gasteiger partial charge in [-0.3, -0.25) is 4.79 Å². The highest BCUT2D eigenvalue weighted by Crippen LogP contribution is 2.47. The van der Waals surface area contributed by atoms with Gasteiger partial charge in [-0.05, 0) is 43.7 Å². The molecule has 1 unspecified atom stereocenters. The molecule has 1 amide bonds. The number of amides is 1. The number of rotatable bonds is 8. The lowest BCUT2D eigenvalue weighted by molar-refractivity contribution is -0.274. The van der Waals surface area contributed by atoms with Crippen LogP contribution in [0.4, 0.5) is 13.2 Å². The number of ether oxygens (including phenoxy) is 3. The normalized spacial score (nSPS) is 16.6. The molecule has 1 atom stereocenters. The largest absolute Gasteiger partial charge is 0.573 e. The maximum absolute atomic E-state index is 12.6. The highest BCUT2D eigenvalue weighted by Gasteiger charge is 2.37. The fourth-order valence-electron chi connectivity index (χ4n) is 3.19. The molecule has 0 bridgehead atoms. The van der Waals surface area contributed by atoms with E-state index in [1.54, 1.807) is 4.90 Å². The van der Waals surface area contributed by atoms with Gasteiger partial charge in [-0.1, -0.05) is 18.2 Å².